The third kappa shape index (κ3) is 9.78. The molecule has 0 radical (unpaired) electrons. The van der Waals surface area contributed by atoms with Crippen LogP contribution in [0.4, 0.5) is 4.79 Å². The zero-order valence-corrected chi connectivity index (χ0v) is 27.6. The van der Waals surface area contributed by atoms with Gasteiger partial charge in [-0.3, -0.25) is 19.5 Å². The highest BCUT2D eigenvalue weighted by Crippen LogP contribution is 2.31. The average molecular weight is 667 g/mol. The highest BCUT2D eigenvalue weighted by atomic mass is 35.5. The van der Waals surface area contributed by atoms with E-state index in [9.17, 15) is 22.8 Å². The van der Waals surface area contributed by atoms with Crippen molar-refractivity contribution < 1.29 is 27.5 Å². The molecule has 0 saturated heterocycles. The first kappa shape index (κ1) is 35.0. The first-order valence-corrected chi connectivity index (χ1v) is 16.1. The number of rotatable bonds is 11. The second kappa shape index (κ2) is 15.0. The van der Waals surface area contributed by atoms with Crippen LogP contribution < -0.4 is 10.6 Å². The molecule has 1 aliphatic rings. The van der Waals surface area contributed by atoms with Gasteiger partial charge in [-0.05, 0) is 51.0 Å². The highest BCUT2D eigenvalue weighted by molar-refractivity contribution is 7.94. The summed E-state index contributed by atoms with van der Waals surface area (Å²) in [5.74, 6) is -0.167. The fraction of sp³-hybridized carbons (Fsp3) is 0.400. The molecule has 2 aromatic carbocycles. The molecule has 44 heavy (non-hydrogen) atoms. The third-order valence-corrected chi connectivity index (χ3v) is 8.88. The maximum absolute atomic E-state index is 12.6. The Morgan fingerprint density at radius 1 is 1.09 bits per heavy atom. The molecule has 2 aromatic rings. The van der Waals surface area contributed by atoms with Crippen LogP contribution >= 0.6 is 23.2 Å². The number of likely N-dealkylation sites (N-methyl/N-ethyl adjacent to an activating group) is 1. The summed E-state index contributed by atoms with van der Waals surface area (Å²) in [6.45, 7) is 8.10. The number of hydrogen-bond acceptors (Lipinski definition) is 8. The van der Waals surface area contributed by atoms with Crippen molar-refractivity contribution in [2.24, 2.45) is 4.99 Å². The fourth-order valence-corrected chi connectivity index (χ4v) is 5.91. The Hall–Kier alpha value is -3.45. The summed E-state index contributed by atoms with van der Waals surface area (Å²) >= 11 is 12.1. The summed E-state index contributed by atoms with van der Waals surface area (Å²) in [5.41, 5.74) is 1.48. The van der Waals surface area contributed by atoms with Crippen molar-refractivity contribution >= 4 is 56.8 Å². The molecule has 0 atom stereocenters. The summed E-state index contributed by atoms with van der Waals surface area (Å²) in [5, 5.41) is 6.79. The molecule has 238 valence electrons. The minimum atomic E-state index is -3.80. The lowest BCUT2D eigenvalue weighted by Crippen LogP contribution is -2.41. The SMILES string of the molecule is Cc1c(Cl)ccc(S(=O)(=O)C=CCNCC(=O)NCC(=O)N(C)Cc2ccc(C3=NCCN3C(=O)OC(C)(C)C)cc2)c1Cl. The quantitative estimate of drug-likeness (QED) is 0.347. The molecule has 3 amide bonds. The van der Waals surface area contributed by atoms with Crippen LogP contribution in [0.2, 0.25) is 10.0 Å². The van der Waals surface area contributed by atoms with Crippen molar-refractivity contribution in [2.75, 3.05) is 39.8 Å². The molecule has 0 bridgehead atoms. The van der Waals surface area contributed by atoms with E-state index in [4.69, 9.17) is 27.9 Å². The van der Waals surface area contributed by atoms with Crippen LogP contribution in [0.3, 0.4) is 0 Å². The van der Waals surface area contributed by atoms with Gasteiger partial charge in [-0.1, -0.05) is 53.5 Å². The number of nitrogens with zero attached hydrogens (tertiary/aromatic N) is 3. The Labute approximate surface area is 268 Å². The Morgan fingerprint density at radius 3 is 2.43 bits per heavy atom. The molecule has 11 nitrogen and oxygen atoms in total. The second-order valence-electron chi connectivity index (χ2n) is 11.1. The van der Waals surface area contributed by atoms with Gasteiger partial charge < -0.3 is 20.3 Å². The van der Waals surface area contributed by atoms with E-state index in [1.165, 1.54) is 28.0 Å². The van der Waals surface area contributed by atoms with Gasteiger partial charge in [0.1, 0.15) is 11.4 Å². The monoisotopic (exact) mass is 665 g/mol. The summed E-state index contributed by atoms with van der Waals surface area (Å²) in [7, 11) is -2.16. The van der Waals surface area contributed by atoms with Crippen LogP contribution in [0.15, 0.2) is 57.8 Å². The Bertz CT molecular complexity index is 1550. The number of amidine groups is 1. The van der Waals surface area contributed by atoms with Crippen molar-refractivity contribution in [3.8, 4) is 0 Å². The topological polar surface area (TPSA) is 137 Å². The van der Waals surface area contributed by atoms with E-state index in [1.807, 2.05) is 45.0 Å². The van der Waals surface area contributed by atoms with Gasteiger partial charge >= 0.3 is 6.09 Å². The second-order valence-corrected chi connectivity index (χ2v) is 13.7. The van der Waals surface area contributed by atoms with E-state index < -0.39 is 27.4 Å². The van der Waals surface area contributed by atoms with E-state index >= 15 is 0 Å². The number of aliphatic imine (C=N–C) groups is 1. The first-order valence-electron chi connectivity index (χ1n) is 13.8. The molecule has 1 heterocycles. The number of ether oxygens (including phenoxy) is 1. The standard InChI is InChI=1S/C30H37Cl2N5O6S/c1-20-23(31)11-12-24(27(20)32)44(41,42)16-6-13-33-17-25(38)35-18-26(39)36(5)19-21-7-9-22(10-8-21)28-34-14-15-37(28)29(40)43-30(2,3)4/h6-12,16,33H,13-15,17-19H2,1-5H3,(H,35,38). The zero-order valence-electron chi connectivity index (χ0n) is 25.3. The first-order chi connectivity index (χ1) is 20.6. The van der Waals surface area contributed by atoms with Crippen LogP contribution in [-0.2, 0) is 30.7 Å². The van der Waals surface area contributed by atoms with Crippen molar-refractivity contribution in [3.63, 3.8) is 0 Å². The predicted molar refractivity (Wildman–Crippen MR) is 171 cm³/mol. The Balaban J connectivity index is 1.41. The van der Waals surface area contributed by atoms with Gasteiger partial charge in [0, 0.05) is 36.1 Å². The number of nitrogens with one attached hydrogen (secondary N) is 2. The summed E-state index contributed by atoms with van der Waals surface area (Å²) in [6.07, 6.45) is 0.918. The van der Waals surface area contributed by atoms with Crippen LogP contribution in [0.25, 0.3) is 0 Å². The molecular formula is C30H37Cl2N5O6S. The molecule has 14 heteroatoms. The molecule has 1 aliphatic heterocycles. The largest absolute Gasteiger partial charge is 0.443 e. The molecule has 0 fully saturated rings. The van der Waals surface area contributed by atoms with Crippen LogP contribution in [-0.4, -0.2) is 87.3 Å². The van der Waals surface area contributed by atoms with E-state index in [0.29, 0.717) is 36.1 Å². The van der Waals surface area contributed by atoms with Crippen LogP contribution in [0.5, 0.6) is 0 Å². The van der Waals surface area contributed by atoms with Gasteiger partial charge in [0.05, 0.1) is 36.1 Å². The lowest BCUT2D eigenvalue weighted by atomic mass is 10.1. The number of sulfone groups is 1. The number of halogens is 2. The van der Waals surface area contributed by atoms with Gasteiger partial charge in [0.25, 0.3) is 0 Å². The van der Waals surface area contributed by atoms with Gasteiger partial charge in [-0.2, -0.15) is 0 Å². The third-order valence-electron chi connectivity index (χ3n) is 6.36. The molecule has 0 saturated carbocycles. The normalized spacial score (nSPS) is 13.6. The highest BCUT2D eigenvalue weighted by Gasteiger charge is 2.29. The van der Waals surface area contributed by atoms with Gasteiger partial charge in [-0.15, -0.1) is 0 Å². The van der Waals surface area contributed by atoms with E-state index in [0.717, 1.165) is 16.5 Å². The van der Waals surface area contributed by atoms with E-state index in [1.54, 1.807) is 14.0 Å². The molecular weight excluding hydrogens is 629 g/mol. The molecule has 0 aromatic heterocycles. The fourth-order valence-electron chi connectivity index (χ4n) is 4.06. The molecule has 3 rings (SSSR count). The maximum Gasteiger partial charge on any atom is 0.416 e. The van der Waals surface area contributed by atoms with Gasteiger partial charge in [0.2, 0.25) is 21.7 Å². The maximum atomic E-state index is 12.6. The van der Waals surface area contributed by atoms with Crippen LogP contribution in [0.1, 0.15) is 37.5 Å². The number of benzene rings is 2. The summed E-state index contributed by atoms with van der Waals surface area (Å²) < 4.78 is 30.6. The molecule has 2 N–H and O–H groups in total. The van der Waals surface area contributed by atoms with Gasteiger partial charge in [-0.25, -0.2) is 13.2 Å². The van der Waals surface area contributed by atoms with Crippen molar-refractivity contribution in [1.82, 2.24) is 20.4 Å². The van der Waals surface area contributed by atoms with Crippen molar-refractivity contribution in [3.05, 3.63) is 74.6 Å². The predicted octanol–water partition coefficient (Wildman–Crippen LogP) is 3.95. The Kier molecular flexibility index (Phi) is 12.0. The van der Waals surface area contributed by atoms with Crippen molar-refractivity contribution in [1.29, 1.82) is 0 Å². The van der Waals surface area contributed by atoms with E-state index in [2.05, 4.69) is 15.6 Å². The van der Waals surface area contributed by atoms with Gasteiger partial charge in [0.15, 0.2) is 0 Å². The summed E-state index contributed by atoms with van der Waals surface area (Å²) in [4.78, 5) is 44.7. The molecule has 0 spiro atoms. The zero-order chi connectivity index (χ0) is 32.7. The summed E-state index contributed by atoms with van der Waals surface area (Å²) in [6, 6.07) is 10.2. The smallest absolute Gasteiger partial charge is 0.416 e. The Morgan fingerprint density at radius 2 is 1.77 bits per heavy atom. The number of amides is 3. The minimum Gasteiger partial charge on any atom is -0.443 e. The lowest BCUT2D eigenvalue weighted by molar-refractivity contribution is -0.132. The minimum absolute atomic E-state index is 0.0540. The molecule has 0 aliphatic carbocycles. The van der Waals surface area contributed by atoms with E-state index in [-0.39, 0.29) is 35.5 Å². The number of carbonyl (C=O) groups is 3. The number of hydrogen-bond donors (Lipinski definition) is 2. The van der Waals surface area contributed by atoms with Crippen molar-refractivity contribution in [2.45, 2.75) is 44.7 Å². The average Bonchev–Trinajstić information content (AvgIpc) is 3.44. The number of carbonyl (C=O) groups excluding carboxylic acids is 3. The molecule has 0 unspecified atom stereocenters. The van der Waals surface area contributed by atoms with Crippen LogP contribution in [0, 0.1) is 6.92 Å². The lowest BCUT2D eigenvalue weighted by Gasteiger charge is -2.25.